The number of carbonyl (C=O) groups is 4. The molecule has 0 radical (unpaired) electrons. The van der Waals surface area contributed by atoms with Crippen LogP contribution in [0.1, 0.15) is 292 Å². The number of aliphatic hydroxyl groups excluding tert-OH is 1. The monoisotopic (exact) mass is 1170 g/mol. The van der Waals surface area contributed by atoms with E-state index in [0.717, 1.165) is 96.3 Å². The van der Waals surface area contributed by atoms with Crippen LogP contribution in [0.3, 0.4) is 0 Å². The molecule has 0 saturated heterocycles. The average molecular weight is 1170 g/mol. The van der Waals surface area contributed by atoms with Gasteiger partial charge in [0.05, 0.1) is 26.4 Å². The molecule has 2 unspecified atom stereocenters. The van der Waals surface area contributed by atoms with E-state index in [1.165, 1.54) is 103 Å². The van der Waals surface area contributed by atoms with Gasteiger partial charge in [-0.1, -0.05) is 241 Å². The summed E-state index contributed by atoms with van der Waals surface area (Å²) in [5, 5.41) is 10.5. The van der Waals surface area contributed by atoms with Gasteiger partial charge in [-0.3, -0.25) is 37.3 Å². The van der Waals surface area contributed by atoms with Gasteiger partial charge < -0.3 is 33.8 Å². The second-order valence-electron chi connectivity index (χ2n) is 22.7. The molecule has 79 heavy (non-hydrogen) atoms. The number of hydrogen-bond donors (Lipinski definition) is 3. The van der Waals surface area contributed by atoms with Gasteiger partial charge in [-0.05, 0) is 37.5 Å². The third-order valence-electron chi connectivity index (χ3n) is 13.7. The first kappa shape index (κ1) is 77.1. The molecule has 19 heteroatoms. The molecule has 0 spiro atoms. The van der Waals surface area contributed by atoms with Gasteiger partial charge in [0.2, 0.25) is 0 Å². The van der Waals surface area contributed by atoms with Crippen molar-refractivity contribution in [3.05, 3.63) is 0 Å². The van der Waals surface area contributed by atoms with Gasteiger partial charge in [0.1, 0.15) is 19.3 Å². The average Bonchev–Trinajstić information content (AvgIpc) is 3.40. The number of ether oxygens (including phenoxy) is 4. The standard InChI is InChI=1S/C60H116O17P2/c1-7-9-11-13-15-17-19-23-30-36-42-57(62)70-48-55(77-60(65)45-39-33-25-21-22-28-34-40-52(3)4)50-74-78(66,67)72-46-54(61)47-73-79(68,69)75-51-56(49-71-58(63)43-37-31-27-26-29-35-41-53(5)6)76-59(64)44-38-32-24-20-18-16-14-12-10-8-2/h52-56,61H,7-51H2,1-6H3,(H,66,67)(H,68,69)/t54-,55-,56-/m1/s1. The number of phosphoric ester groups is 2. The summed E-state index contributed by atoms with van der Waals surface area (Å²) in [4.78, 5) is 71.9. The molecule has 0 aliphatic rings. The Morgan fingerprint density at radius 2 is 0.582 bits per heavy atom. The summed E-state index contributed by atoms with van der Waals surface area (Å²) in [5.74, 6) is -0.768. The summed E-state index contributed by atoms with van der Waals surface area (Å²) in [6, 6.07) is 0. The van der Waals surface area contributed by atoms with E-state index >= 15 is 0 Å². The Morgan fingerprint density at radius 1 is 0.342 bits per heavy atom. The Labute approximate surface area is 479 Å². The Hall–Kier alpha value is -1.94. The number of esters is 4. The second kappa shape index (κ2) is 52.8. The fraction of sp³-hybridized carbons (Fsp3) is 0.933. The van der Waals surface area contributed by atoms with Crippen molar-refractivity contribution in [2.75, 3.05) is 39.6 Å². The van der Waals surface area contributed by atoms with Crippen LogP contribution in [0, 0.1) is 11.8 Å². The number of unbranched alkanes of at least 4 members (excludes halogenated alkanes) is 29. The van der Waals surface area contributed by atoms with Gasteiger partial charge in [-0.15, -0.1) is 0 Å². The van der Waals surface area contributed by atoms with Gasteiger partial charge in [-0.2, -0.15) is 0 Å². The van der Waals surface area contributed by atoms with Crippen molar-refractivity contribution < 1.29 is 80.2 Å². The maximum atomic E-state index is 12.9. The molecule has 468 valence electrons. The van der Waals surface area contributed by atoms with Crippen molar-refractivity contribution in [2.45, 2.75) is 310 Å². The number of hydrogen-bond acceptors (Lipinski definition) is 15. The van der Waals surface area contributed by atoms with E-state index in [0.29, 0.717) is 37.5 Å². The fourth-order valence-corrected chi connectivity index (χ4v) is 10.4. The molecule has 0 aliphatic heterocycles. The summed E-state index contributed by atoms with van der Waals surface area (Å²) in [5.41, 5.74) is 0. The van der Waals surface area contributed by atoms with Gasteiger partial charge >= 0.3 is 39.5 Å². The van der Waals surface area contributed by atoms with Crippen LogP contribution < -0.4 is 0 Å². The smallest absolute Gasteiger partial charge is 0.462 e. The normalized spacial score (nSPS) is 14.4. The summed E-state index contributed by atoms with van der Waals surface area (Å²) in [6.07, 6.45) is 33.6. The van der Waals surface area contributed by atoms with Gasteiger partial charge in [0.15, 0.2) is 12.2 Å². The maximum absolute atomic E-state index is 12.9. The Morgan fingerprint density at radius 3 is 0.861 bits per heavy atom. The van der Waals surface area contributed by atoms with E-state index in [1.54, 1.807) is 0 Å². The summed E-state index contributed by atoms with van der Waals surface area (Å²) in [6.45, 7) is 9.30. The molecule has 5 atom stereocenters. The lowest BCUT2D eigenvalue weighted by Crippen LogP contribution is -2.30. The molecule has 0 amide bonds. The maximum Gasteiger partial charge on any atom is 0.472 e. The summed E-state index contributed by atoms with van der Waals surface area (Å²) < 4.78 is 67.7. The minimum atomic E-state index is -4.94. The zero-order chi connectivity index (χ0) is 58.7. The molecule has 0 aliphatic carbocycles. The Balaban J connectivity index is 5.23. The van der Waals surface area contributed by atoms with Gasteiger partial charge in [0, 0.05) is 25.7 Å². The number of phosphoric acid groups is 2. The van der Waals surface area contributed by atoms with E-state index in [-0.39, 0.29) is 25.7 Å². The number of carbonyl (C=O) groups excluding carboxylic acids is 4. The van der Waals surface area contributed by atoms with E-state index in [2.05, 4.69) is 41.5 Å². The number of aliphatic hydroxyl groups is 1. The van der Waals surface area contributed by atoms with Crippen LogP contribution in [-0.4, -0.2) is 96.7 Å². The lowest BCUT2D eigenvalue weighted by atomic mass is 10.0. The topological polar surface area (TPSA) is 237 Å². The third kappa shape index (κ3) is 55.0. The van der Waals surface area contributed by atoms with Crippen LogP contribution >= 0.6 is 15.6 Å². The van der Waals surface area contributed by atoms with Crippen molar-refractivity contribution in [1.29, 1.82) is 0 Å². The van der Waals surface area contributed by atoms with Crippen molar-refractivity contribution in [2.24, 2.45) is 11.8 Å². The first-order valence-corrected chi connectivity index (χ1v) is 34.5. The van der Waals surface area contributed by atoms with Crippen molar-refractivity contribution in [3.63, 3.8) is 0 Å². The highest BCUT2D eigenvalue weighted by Crippen LogP contribution is 2.45. The SMILES string of the molecule is CCCCCCCCCCCCC(=O)OC[C@H](COP(=O)(O)OC[C@@H](O)COP(=O)(O)OC[C@@H](COC(=O)CCCCCCCCC(C)C)OC(=O)CCCCCCCCCCCC)OC(=O)CCCCCCCCCC(C)C. The molecule has 0 bridgehead atoms. The lowest BCUT2D eigenvalue weighted by Gasteiger charge is -2.21. The largest absolute Gasteiger partial charge is 0.472 e. The zero-order valence-corrected chi connectivity index (χ0v) is 52.4. The summed E-state index contributed by atoms with van der Waals surface area (Å²) >= 11 is 0. The lowest BCUT2D eigenvalue weighted by molar-refractivity contribution is -0.161. The Bertz CT molecular complexity index is 1560. The highest BCUT2D eigenvalue weighted by molar-refractivity contribution is 7.47. The first-order chi connectivity index (χ1) is 37.9. The van der Waals surface area contributed by atoms with Crippen LogP contribution in [0.25, 0.3) is 0 Å². The fourth-order valence-electron chi connectivity index (χ4n) is 8.82. The minimum Gasteiger partial charge on any atom is -0.462 e. The van der Waals surface area contributed by atoms with E-state index in [4.69, 9.17) is 37.0 Å². The minimum absolute atomic E-state index is 0.103. The summed E-state index contributed by atoms with van der Waals surface area (Å²) in [7, 11) is -9.87. The predicted molar refractivity (Wildman–Crippen MR) is 312 cm³/mol. The van der Waals surface area contributed by atoms with Crippen LogP contribution in [0.4, 0.5) is 0 Å². The van der Waals surface area contributed by atoms with Gasteiger partial charge in [0.25, 0.3) is 0 Å². The quantitative estimate of drug-likeness (QED) is 0.0222. The molecular weight excluding hydrogens is 1050 g/mol. The van der Waals surface area contributed by atoms with Crippen LogP contribution in [0.5, 0.6) is 0 Å². The molecule has 0 fully saturated rings. The Kier molecular flexibility index (Phi) is 51.5. The van der Waals surface area contributed by atoms with E-state index in [9.17, 15) is 43.2 Å². The number of rotatable bonds is 59. The molecule has 0 saturated carbocycles. The molecule has 3 N–H and O–H groups in total. The van der Waals surface area contributed by atoms with E-state index < -0.39 is 97.5 Å². The van der Waals surface area contributed by atoms with Crippen molar-refractivity contribution in [1.82, 2.24) is 0 Å². The molecule has 0 rings (SSSR count). The van der Waals surface area contributed by atoms with Crippen molar-refractivity contribution >= 4 is 39.5 Å². The molecule has 0 aromatic heterocycles. The first-order valence-electron chi connectivity index (χ1n) is 31.5. The highest BCUT2D eigenvalue weighted by Gasteiger charge is 2.30. The van der Waals surface area contributed by atoms with Crippen LogP contribution in [0.15, 0.2) is 0 Å². The van der Waals surface area contributed by atoms with Crippen LogP contribution in [-0.2, 0) is 65.4 Å². The van der Waals surface area contributed by atoms with E-state index in [1.807, 2.05) is 0 Å². The predicted octanol–water partition coefficient (Wildman–Crippen LogP) is 16.1. The highest BCUT2D eigenvalue weighted by atomic mass is 31.2. The molecule has 0 aromatic carbocycles. The second-order valence-corrected chi connectivity index (χ2v) is 25.6. The van der Waals surface area contributed by atoms with Gasteiger partial charge in [-0.25, -0.2) is 9.13 Å². The third-order valence-corrected chi connectivity index (χ3v) is 15.6. The molecular formula is C60H116O17P2. The van der Waals surface area contributed by atoms with Crippen LogP contribution in [0.2, 0.25) is 0 Å². The van der Waals surface area contributed by atoms with Crippen molar-refractivity contribution in [3.8, 4) is 0 Å². The molecule has 0 heterocycles. The molecule has 17 nitrogen and oxygen atoms in total. The molecule has 0 aromatic rings. The zero-order valence-electron chi connectivity index (χ0n) is 50.7.